The lowest BCUT2D eigenvalue weighted by Crippen LogP contribution is -2.30. The van der Waals surface area contributed by atoms with Gasteiger partial charge in [-0.1, -0.05) is 0 Å². The highest BCUT2D eigenvalue weighted by Gasteiger charge is 2.32. The maximum absolute atomic E-state index is 12.2. The molecule has 0 fully saturated rings. The van der Waals surface area contributed by atoms with Gasteiger partial charge in [0, 0.05) is 12.1 Å². The summed E-state index contributed by atoms with van der Waals surface area (Å²) in [7, 11) is 0. The van der Waals surface area contributed by atoms with E-state index in [1.807, 2.05) is 5.43 Å². The van der Waals surface area contributed by atoms with Crippen LogP contribution >= 0.6 is 0 Å². The molecule has 1 heterocycles. The molecule has 0 spiro atoms. The van der Waals surface area contributed by atoms with Crippen molar-refractivity contribution in [2.45, 2.75) is 19.0 Å². The van der Waals surface area contributed by atoms with Gasteiger partial charge in [0.25, 0.3) is 0 Å². The third kappa shape index (κ3) is 3.46. The molecule has 1 rings (SSSR count). The Morgan fingerprint density at radius 3 is 2.69 bits per heavy atom. The molecule has 0 radical (unpaired) electrons. The molecule has 1 amide bonds. The summed E-state index contributed by atoms with van der Waals surface area (Å²) < 4.78 is 36.7. The Morgan fingerprint density at radius 2 is 2.12 bits per heavy atom. The fourth-order valence-electron chi connectivity index (χ4n) is 1.00. The zero-order chi connectivity index (χ0) is 12.2. The van der Waals surface area contributed by atoms with Crippen molar-refractivity contribution < 1.29 is 18.0 Å². The van der Waals surface area contributed by atoms with Crippen molar-refractivity contribution in [2.75, 3.05) is 0 Å². The molecule has 0 saturated heterocycles. The van der Waals surface area contributed by atoms with Crippen molar-refractivity contribution in [1.29, 1.82) is 0 Å². The van der Waals surface area contributed by atoms with Crippen LogP contribution in [0.4, 0.5) is 13.2 Å². The number of carbonyl (C=O) groups is 1. The molecule has 0 atom stereocenters. The zero-order valence-electron chi connectivity index (χ0n) is 8.08. The van der Waals surface area contributed by atoms with Crippen LogP contribution in [0.15, 0.2) is 12.4 Å². The molecule has 88 valence electrons. The molecule has 0 aromatic carbocycles. The van der Waals surface area contributed by atoms with E-state index in [0.29, 0.717) is 0 Å². The standard InChI is InChI=1S/C8H9F3N4O/c9-8(10,11)6-3-5(13-4-14-6)1-2-7(16)15-12/h3-4H,1-2,12H2,(H,15,16). The summed E-state index contributed by atoms with van der Waals surface area (Å²) in [5.74, 6) is 4.36. The van der Waals surface area contributed by atoms with Gasteiger partial charge in [0.15, 0.2) is 0 Å². The normalized spacial score (nSPS) is 11.2. The molecule has 0 aliphatic heterocycles. The van der Waals surface area contributed by atoms with Crippen LogP contribution in [0.5, 0.6) is 0 Å². The molecule has 1 aromatic rings. The smallest absolute Gasteiger partial charge is 0.294 e. The first-order chi connectivity index (χ1) is 7.43. The first kappa shape index (κ1) is 12.4. The highest BCUT2D eigenvalue weighted by molar-refractivity contribution is 5.75. The third-order valence-corrected chi connectivity index (χ3v) is 1.78. The van der Waals surface area contributed by atoms with Crippen LogP contribution < -0.4 is 11.3 Å². The minimum absolute atomic E-state index is 0.0230. The van der Waals surface area contributed by atoms with Crippen molar-refractivity contribution >= 4 is 5.91 Å². The summed E-state index contributed by atoms with van der Waals surface area (Å²) in [6.07, 6.45) is -3.63. The van der Waals surface area contributed by atoms with E-state index in [1.54, 1.807) is 0 Å². The summed E-state index contributed by atoms with van der Waals surface area (Å²) in [6, 6.07) is 0.809. The summed E-state index contributed by atoms with van der Waals surface area (Å²) in [5.41, 5.74) is 0.997. The third-order valence-electron chi connectivity index (χ3n) is 1.78. The lowest BCUT2D eigenvalue weighted by atomic mass is 10.2. The molecule has 0 saturated carbocycles. The number of nitrogens with two attached hydrogens (primary N) is 1. The van der Waals surface area contributed by atoms with Gasteiger partial charge in [-0.3, -0.25) is 10.2 Å². The Balaban J connectivity index is 2.72. The Morgan fingerprint density at radius 1 is 1.44 bits per heavy atom. The number of hydrogen-bond donors (Lipinski definition) is 2. The number of hydrazine groups is 1. The topological polar surface area (TPSA) is 80.9 Å². The molecule has 1 aromatic heterocycles. The van der Waals surface area contributed by atoms with E-state index in [9.17, 15) is 18.0 Å². The van der Waals surface area contributed by atoms with Gasteiger partial charge in [0.05, 0.1) is 0 Å². The molecular weight excluding hydrogens is 225 g/mol. The molecule has 8 heteroatoms. The van der Waals surface area contributed by atoms with Crippen LogP contribution in [0.25, 0.3) is 0 Å². The van der Waals surface area contributed by atoms with E-state index >= 15 is 0 Å². The van der Waals surface area contributed by atoms with E-state index in [0.717, 1.165) is 12.4 Å². The van der Waals surface area contributed by atoms with Crippen LogP contribution in [-0.2, 0) is 17.4 Å². The number of nitrogens with zero attached hydrogens (tertiary/aromatic N) is 2. The molecule has 0 aliphatic rings. The van der Waals surface area contributed by atoms with Gasteiger partial charge in [0.2, 0.25) is 5.91 Å². The molecule has 16 heavy (non-hydrogen) atoms. The highest BCUT2D eigenvalue weighted by atomic mass is 19.4. The molecule has 0 aliphatic carbocycles. The second kappa shape index (κ2) is 4.88. The first-order valence-electron chi connectivity index (χ1n) is 4.31. The fraction of sp³-hybridized carbons (Fsp3) is 0.375. The largest absolute Gasteiger partial charge is 0.433 e. The van der Waals surface area contributed by atoms with Gasteiger partial charge < -0.3 is 0 Å². The second-order valence-electron chi connectivity index (χ2n) is 2.96. The van der Waals surface area contributed by atoms with E-state index in [4.69, 9.17) is 5.84 Å². The minimum Gasteiger partial charge on any atom is -0.294 e. The van der Waals surface area contributed by atoms with Crippen LogP contribution in [0.3, 0.4) is 0 Å². The number of aryl methyl sites for hydroxylation is 1. The Bertz CT molecular complexity index is 380. The van der Waals surface area contributed by atoms with Crippen molar-refractivity contribution in [3.8, 4) is 0 Å². The van der Waals surface area contributed by atoms with Gasteiger partial charge >= 0.3 is 6.18 Å². The van der Waals surface area contributed by atoms with Crippen LogP contribution in [-0.4, -0.2) is 15.9 Å². The van der Waals surface area contributed by atoms with E-state index in [2.05, 4.69) is 9.97 Å². The zero-order valence-corrected chi connectivity index (χ0v) is 8.08. The SMILES string of the molecule is NNC(=O)CCc1cc(C(F)(F)F)ncn1. The first-order valence-corrected chi connectivity index (χ1v) is 4.31. The van der Waals surface area contributed by atoms with Crippen molar-refractivity contribution in [2.24, 2.45) is 5.84 Å². The maximum atomic E-state index is 12.2. The van der Waals surface area contributed by atoms with Gasteiger partial charge in [-0.25, -0.2) is 15.8 Å². The lowest BCUT2D eigenvalue weighted by molar-refractivity contribution is -0.141. The fourth-order valence-corrected chi connectivity index (χ4v) is 1.00. The molecule has 0 bridgehead atoms. The Kier molecular flexibility index (Phi) is 3.78. The summed E-state index contributed by atoms with van der Waals surface area (Å²) >= 11 is 0. The number of hydrogen-bond acceptors (Lipinski definition) is 4. The number of nitrogens with one attached hydrogen (secondary N) is 1. The Labute approximate surface area is 88.8 Å². The number of aromatic nitrogens is 2. The van der Waals surface area contributed by atoms with Crippen LogP contribution in [0, 0.1) is 0 Å². The predicted octanol–water partition coefficient (Wildman–Crippen LogP) is 0.418. The number of alkyl halides is 3. The molecule has 3 N–H and O–H groups in total. The van der Waals surface area contributed by atoms with Crippen LogP contribution in [0.1, 0.15) is 17.8 Å². The lowest BCUT2D eigenvalue weighted by Gasteiger charge is -2.06. The molecule has 5 nitrogen and oxygen atoms in total. The van der Waals surface area contributed by atoms with Crippen molar-refractivity contribution in [1.82, 2.24) is 15.4 Å². The van der Waals surface area contributed by atoms with Gasteiger partial charge in [-0.05, 0) is 12.5 Å². The van der Waals surface area contributed by atoms with Crippen LogP contribution in [0.2, 0.25) is 0 Å². The Hall–Kier alpha value is -1.70. The van der Waals surface area contributed by atoms with E-state index in [-0.39, 0.29) is 18.5 Å². The molecular formula is C8H9F3N4O. The van der Waals surface area contributed by atoms with Gasteiger partial charge in [-0.2, -0.15) is 13.2 Å². The quantitative estimate of drug-likeness (QED) is 0.451. The van der Waals surface area contributed by atoms with Gasteiger partial charge in [0.1, 0.15) is 12.0 Å². The number of amides is 1. The minimum atomic E-state index is -4.51. The predicted molar refractivity (Wildman–Crippen MR) is 47.7 cm³/mol. The maximum Gasteiger partial charge on any atom is 0.433 e. The summed E-state index contributed by atoms with van der Waals surface area (Å²) in [6.45, 7) is 0. The average molecular weight is 234 g/mol. The van der Waals surface area contributed by atoms with E-state index in [1.165, 1.54) is 0 Å². The number of rotatable bonds is 3. The number of halogens is 3. The summed E-state index contributed by atoms with van der Waals surface area (Å²) in [4.78, 5) is 17.5. The monoisotopic (exact) mass is 234 g/mol. The molecule has 0 unspecified atom stereocenters. The van der Waals surface area contributed by atoms with Gasteiger partial charge in [-0.15, -0.1) is 0 Å². The van der Waals surface area contributed by atoms with Crippen molar-refractivity contribution in [3.63, 3.8) is 0 Å². The average Bonchev–Trinajstić information content (AvgIpc) is 2.25. The number of carbonyl (C=O) groups excluding carboxylic acids is 1. The highest BCUT2D eigenvalue weighted by Crippen LogP contribution is 2.27. The summed E-state index contributed by atoms with van der Waals surface area (Å²) in [5, 5.41) is 0. The second-order valence-corrected chi connectivity index (χ2v) is 2.96. The van der Waals surface area contributed by atoms with E-state index < -0.39 is 17.8 Å². The van der Waals surface area contributed by atoms with Crippen molar-refractivity contribution in [3.05, 3.63) is 23.8 Å².